The van der Waals surface area contributed by atoms with Crippen molar-refractivity contribution in [3.8, 4) is 17.3 Å². The predicted octanol–water partition coefficient (Wildman–Crippen LogP) is 2.80. The van der Waals surface area contributed by atoms with Gasteiger partial charge in [-0.2, -0.15) is 5.26 Å². The van der Waals surface area contributed by atoms with Gasteiger partial charge in [-0.15, -0.1) is 0 Å². The third kappa shape index (κ3) is 3.35. The Labute approximate surface area is 142 Å². The lowest BCUT2D eigenvalue weighted by molar-refractivity contribution is 0.0971. The van der Waals surface area contributed by atoms with Crippen LogP contribution in [0, 0.1) is 17.1 Å². The Morgan fingerprint density at radius 3 is 2.56 bits per heavy atom. The van der Waals surface area contributed by atoms with Gasteiger partial charge in [-0.3, -0.25) is 19.1 Å². The Kier molecular flexibility index (Phi) is 4.48. The third-order valence-electron chi connectivity index (χ3n) is 3.72. The molecule has 25 heavy (non-hydrogen) atoms. The Hall–Kier alpha value is -3.59. The van der Waals surface area contributed by atoms with Crippen LogP contribution < -0.4 is 5.56 Å². The van der Waals surface area contributed by atoms with E-state index in [1.54, 1.807) is 30.6 Å². The van der Waals surface area contributed by atoms with Crippen LogP contribution >= 0.6 is 0 Å². The van der Waals surface area contributed by atoms with Gasteiger partial charge in [-0.25, -0.2) is 4.39 Å². The highest BCUT2D eigenvalue weighted by Gasteiger charge is 2.15. The summed E-state index contributed by atoms with van der Waals surface area (Å²) < 4.78 is 14.3. The average Bonchev–Trinajstić information content (AvgIpc) is 2.64. The van der Waals surface area contributed by atoms with E-state index in [4.69, 9.17) is 5.26 Å². The molecule has 1 aromatic carbocycles. The van der Waals surface area contributed by atoms with E-state index in [-0.39, 0.29) is 23.5 Å². The van der Waals surface area contributed by atoms with Crippen molar-refractivity contribution in [3.05, 3.63) is 88.2 Å². The van der Waals surface area contributed by atoms with Crippen LogP contribution in [0.15, 0.2) is 65.7 Å². The lowest BCUT2D eigenvalue weighted by atomic mass is 10.1. The molecule has 0 saturated carbocycles. The van der Waals surface area contributed by atoms with E-state index in [0.29, 0.717) is 11.3 Å². The number of Topliss-reactive ketones (excluding diaryl/α,β-unsaturated/α-hetero) is 1. The van der Waals surface area contributed by atoms with Gasteiger partial charge in [0.25, 0.3) is 5.56 Å². The molecule has 5 nitrogen and oxygen atoms in total. The van der Waals surface area contributed by atoms with Crippen molar-refractivity contribution in [2.24, 2.45) is 0 Å². The number of ketones is 1. The van der Waals surface area contributed by atoms with E-state index < -0.39 is 11.4 Å². The fourth-order valence-electron chi connectivity index (χ4n) is 2.46. The molecular weight excluding hydrogens is 321 g/mol. The summed E-state index contributed by atoms with van der Waals surface area (Å²) in [6, 6.07) is 13.4. The first-order valence-electron chi connectivity index (χ1n) is 7.43. The summed E-state index contributed by atoms with van der Waals surface area (Å²) in [5.41, 5.74) is 0.801. The molecule has 0 aliphatic carbocycles. The molecule has 0 spiro atoms. The van der Waals surface area contributed by atoms with E-state index in [9.17, 15) is 14.0 Å². The zero-order chi connectivity index (χ0) is 17.8. The van der Waals surface area contributed by atoms with Crippen LogP contribution in [0.1, 0.15) is 15.9 Å². The van der Waals surface area contributed by atoms with Gasteiger partial charge in [0.15, 0.2) is 5.78 Å². The molecule has 0 aliphatic heterocycles. The maximum Gasteiger partial charge on any atom is 0.269 e. The molecule has 6 heteroatoms. The standard InChI is InChI=1S/C19H12FN3O2/c20-16-6-3-13(4-7-16)18(24)12-23-17(15-2-1-9-22-11-15)8-5-14(10-21)19(23)25/h1-9,11H,12H2. The molecule has 0 amide bonds. The Morgan fingerprint density at radius 1 is 1.16 bits per heavy atom. The Morgan fingerprint density at radius 2 is 1.92 bits per heavy atom. The van der Waals surface area contributed by atoms with Crippen LogP contribution in [-0.4, -0.2) is 15.3 Å². The second kappa shape index (κ2) is 6.89. The summed E-state index contributed by atoms with van der Waals surface area (Å²) in [6.45, 7) is -0.260. The number of nitriles is 1. The first-order chi connectivity index (χ1) is 12.1. The molecule has 0 fully saturated rings. The number of halogens is 1. The Balaban J connectivity index is 2.07. The maximum absolute atomic E-state index is 13.0. The highest BCUT2D eigenvalue weighted by molar-refractivity contribution is 5.96. The van der Waals surface area contributed by atoms with Crippen molar-refractivity contribution in [1.29, 1.82) is 5.26 Å². The molecule has 3 aromatic rings. The van der Waals surface area contributed by atoms with Gasteiger partial charge < -0.3 is 0 Å². The highest BCUT2D eigenvalue weighted by Crippen LogP contribution is 2.17. The quantitative estimate of drug-likeness (QED) is 0.688. The van der Waals surface area contributed by atoms with Gasteiger partial charge in [-0.1, -0.05) is 0 Å². The Bertz CT molecular complexity index is 1020. The van der Waals surface area contributed by atoms with Gasteiger partial charge in [0.2, 0.25) is 0 Å². The molecule has 0 bridgehead atoms. The number of benzene rings is 1. The van der Waals surface area contributed by atoms with Gasteiger partial charge in [0, 0.05) is 23.5 Å². The first-order valence-corrected chi connectivity index (χ1v) is 7.43. The molecule has 122 valence electrons. The molecule has 0 N–H and O–H groups in total. The van der Waals surface area contributed by atoms with Crippen LogP contribution in [0.3, 0.4) is 0 Å². The zero-order valence-electron chi connectivity index (χ0n) is 13.0. The lowest BCUT2D eigenvalue weighted by Crippen LogP contribution is -2.27. The second-order valence-corrected chi connectivity index (χ2v) is 5.31. The van der Waals surface area contributed by atoms with Crippen molar-refractivity contribution in [1.82, 2.24) is 9.55 Å². The van der Waals surface area contributed by atoms with Crippen molar-refractivity contribution >= 4 is 5.78 Å². The van der Waals surface area contributed by atoms with Crippen molar-refractivity contribution in [2.45, 2.75) is 6.54 Å². The topological polar surface area (TPSA) is 75.8 Å². The highest BCUT2D eigenvalue weighted by atomic mass is 19.1. The second-order valence-electron chi connectivity index (χ2n) is 5.31. The van der Waals surface area contributed by atoms with Crippen LogP contribution in [0.25, 0.3) is 11.3 Å². The van der Waals surface area contributed by atoms with E-state index >= 15 is 0 Å². The van der Waals surface area contributed by atoms with Crippen LogP contribution in [0.5, 0.6) is 0 Å². The van der Waals surface area contributed by atoms with Gasteiger partial charge >= 0.3 is 0 Å². The van der Waals surface area contributed by atoms with Gasteiger partial charge in [-0.05, 0) is 48.5 Å². The first kappa shape index (κ1) is 16.3. The van der Waals surface area contributed by atoms with E-state index in [1.807, 2.05) is 6.07 Å². The molecule has 0 atom stereocenters. The summed E-state index contributed by atoms with van der Waals surface area (Å²) >= 11 is 0. The molecule has 0 unspecified atom stereocenters. The summed E-state index contributed by atoms with van der Waals surface area (Å²) in [5.74, 6) is -0.807. The molecule has 2 heterocycles. The summed E-state index contributed by atoms with van der Waals surface area (Å²) in [5, 5.41) is 9.08. The van der Waals surface area contributed by atoms with Crippen molar-refractivity contribution in [2.75, 3.05) is 0 Å². The predicted molar refractivity (Wildman–Crippen MR) is 89.4 cm³/mol. The SMILES string of the molecule is N#Cc1ccc(-c2cccnc2)n(CC(=O)c2ccc(F)cc2)c1=O. The van der Waals surface area contributed by atoms with E-state index in [1.165, 1.54) is 34.9 Å². The zero-order valence-corrected chi connectivity index (χ0v) is 13.0. The number of carbonyl (C=O) groups is 1. The number of rotatable bonds is 4. The van der Waals surface area contributed by atoms with Crippen molar-refractivity contribution < 1.29 is 9.18 Å². The molecular formula is C19H12FN3O2. The number of aromatic nitrogens is 2. The fourth-order valence-corrected chi connectivity index (χ4v) is 2.46. The third-order valence-corrected chi connectivity index (χ3v) is 3.72. The normalized spacial score (nSPS) is 10.2. The minimum atomic E-state index is -0.556. The minimum absolute atomic E-state index is 0.0560. The smallest absolute Gasteiger partial charge is 0.269 e. The van der Waals surface area contributed by atoms with Gasteiger partial charge in [0.05, 0.1) is 12.2 Å². The molecule has 3 rings (SSSR count). The number of pyridine rings is 2. The average molecular weight is 333 g/mol. The maximum atomic E-state index is 13.0. The van der Waals surface area contributed by atoms with Crippen LogP contribution in [-0.2, 0) is 6.54 Å². The van der Waals surface area contributed by atoms with E-state index in [2.05, 4.69) is 4.98 Å². The molecule has 0 saturated heterocycles. The molecule has 0 radical (unpaired) electrons. The summed E-state index contributed by atoms with van der Waals surface area (Å²) in [4.78, 5) is 29.0. The monoisotopic (exact) mass is 333 g/mol. The fraction of sp³-hybridized carbons (Fsp3) is 0.0526. The number of nitrogens with zero attached hydrogens (tertiary/aromatic N) is 3. The van der Waals surface area contributed by atoms with Gasteiger partial charge in [0.1, 0.15) is 17.4 Å². The van der Waals surface area contributed by atoms with E-state index in [0.717, 1.165) is 0 Å². The lowest BCUT2D eigenvalue weighted by Gasteiger charge is -2.12. The molecule has 0 aliphatic rings. The van der Waals surface area contributed by atoms with Crippen molar-refractivity contribution in [3.63, 3.8) is 0 Å². The number of carbonyl (C=O) groups excluding carboxylic acids is 1. The molecule has 2 aromatic heterocycles. The van der Waals surface area contributed by atoms with Crippen LogP contribution in [0.4, 0.5) is 4.39 Å². The number of hydrogen-bond acceptors (Lipinski definition) is 4. The van der Waals surface area contributed by atoms with Crippen LogP contribution in [0.2, 0.25) is 0 Å². The number of hydrogen-bond donors (Lipinski definition) is 0. The summed E-state index contributed by atoms with van der Waals surface area (Å²) in [7, 11) is 0. The largest absolute Gasteiger partial charge is 0.299 e. The minimum Gasteiger partial charge on any atom is -0.299 e. The summed E-state index contributed by atoms with van der Waals surface area (Å²) in [6.07, 6.45) is 3.17.